The Morgan fingerprint density at radius 1 is 1.30 bits per heavy atom. The van der Waals surface area contributed by atoms with E-state index >= 15 is 0 Å². The van der Waals surface area contributed by atoms with Crippen LogP contribution >= 0.6 is 0 Å². The normalized spacial score (nSPS) is 21.8. The second-order valence-electron chi connectivity index (χ2n) is 5.63. The van der Waals surface area contributed by atoms with Gasteiger partial charge in [-0.25, -0.2) is 0 Å². The topological polar surface area (TPSA) is 53.3 Å². The second kappa shape index (κ2) is 5.64. The molecule has 1 unspecified atom stereocenters. The maximum atomic E-state index is 12.3. The van der Waals surface area contributed by atoms with Crippen molar-refractivity contribution in [2.45, 2.75) is 25.4 Å². The average Bonchev–Trinajstić information content (AvgIpc) is 3.21. The maximum absolute atomic E-state index is 12.3. The van der Waals surface area contributed by atoms with Gasteiger partial charge in [-0.1, -0.05) is 0 Å². The summed E-state index contributed by atoms with van der Waals surface area (Å²) in [6.45, 7) is 2.29. The molecule has 1 aliphatic carbocycles. The summed E-state index contributed by atoms with van der Waals surface area (Å²) >= 11 is 0. The highest BCUT2D eigenvalue weighted by Crippen LogP contribution is 2.30. The lowest BCUT2D eigenvalue weighted by atomic mass is 10.1. The van der Waals surface area contributed by atoms with Gasteiger partial charge < -0.3 is 9.64 Å². The SMILES string of the molecule is N#Cc1ccc(C(=O)N2CCC(OCC3CC3)C2)cc1. The fraction of sp³-hybridized carbons (Fsp3) is 0.500. The van der Waals surface area contributed by atoms with Crippen molar-refractivity contribution < 1.29 is 9.53 Å². The molecule has 0 spiro atoms. The Morgan fingerprint density at radius 2 is 2.05 bits per heavy atom. The third-order valence-electron chi connectivity index (χ3n) is 3.96. The monoisotopic (exact) mass is 270 g/mol. The maximum Gasteiger partial charge on any atom is 0.253 e. The number of benzene rings is 1. The first-order valence-electron chi connectivity index (χ1n) is 7.17. The lowest BCUT2D eigenvalue weighted by molar-refractivity contribution is 0.0480. The third kappa shape index (κ3) is 3.00. The van der Waals surface area contributed by atoms with E-state index in [-0.39, 0.29) is 12.0 Å². The largest absolute Gasteiger partial charge is 0.376 e. The molecular weight excluding hydrogens is 252 g/mol. The lowest BCUT2D eigenvalue weighted by Crippen LogP contribution is -2.30. The van der Waals surface area contributed by atoms with Crippen LogP contribution in [0.3, 0.4) is 0 Å². The first kappa shape index (κ1) is 13.1. The fourth-order valence-corrected chi connectivity index (χ4v) is 2.48. The van der Waals surface area contributed by atoms with E-state index in [2.05, 4.69) is 6.07 Å². The quantitative estimate of drug-likeness (QED) is 0.842. The van der Waals surface area contributed by atoms with Crippen molar-refractivity contribution in [2.24, 2.45) is 5.92 Å². The van der Waals surface area contributed by atoms with Crippen molar-refractivity contribution in [3.8, 4) is 6.07 Å². The molecule has 1 amide bonds. The minimum atomic E-state index is 0.0343. The van der Waals surface area contributed by atoms with Crippen LogP contribution in [0.2, 0.25) is 0 Å². The Morgan fingerprint density at radius 3 is 2.70 bits per heavy atom. The van der Waals surface area contributed by atoms with Gasteiger partial charge in [0, 0.05) is 25.3 Å². The Bertz CT molecular complexity index is 528. The highest BCUT2D eigenvalue weighted by Gasteiger charge is 2.29. The molecule has 20 heavy (non-hydrogen) atoms. The van der Waals surface area contributed by atoms with Gasteiger partial charge in [0.2, 0.25) is 0 Å². The number of ether oxygens (including phenoxy) is 1. The molecule has 1 aliphatic heterocycles. The van der Waals surface area contributed by atoms with E-state index in [9.17, 15) is 4.79 Å². The van der Waals surface area contributed by atoms with Crippen LogP contribution < -0.4 is 0 Å². The van der Waals surface area contributed by atoms with Crippen molar-refractivity contribution in [3.05, 3.63) is 35.4 Å². The van der Waals surface area contributed by atoms with Gasteiger partial charge in [-0.2, -0.15) is 5.26 Å². The lowest BCUT2D eigenvalue weighted by Gasteiger charge is -2.16. The van der Waals surface area contributed by atoms with Crippen molar-refractivity contribution in [2.75, 3.05) is 19.7 Å². The predicted molar refractivity (Wildman–Crippen MR) is 74.1 cm³/mol. The molecule has 4 heteroatoms. The minimum Gasteiger partial charge on any atom is -0.376 e. The summed E-state index contributed by atoms with van der Waals surface area (Å²) in [5.41, 5.74) is 1.22. The van der Waals surface area contributed by atoms with E-state index in [0.717, 1.165) is 25.5 Å². The van der Waals surface area contributed by atoms with E-state index in [1.165, 1.54) is 12.8 Å². The third-order valence-corrected chi connectivity index (χ3v) is 3.96. The zero-order valence-electron chi connectivity index (χ0n) is 11.4. The standard InChI is InChI=1S/C16H18N2O2/c17-9-12-3-5-14(6-4-12)16(19)18-8-7-15(10-18)20-11-13-1-2-13/h3-6,13,15H,1-2,7-8,10-11H2. The Balaban J connectivity index is 1.55. The van der Waals surface area contributed by atoms with Crippen LogP contribution in [0.25, 0.3) is 0 Å². The van der Waals surface area contributed by atoms with Gasteiger partial charge in [0.1, 0.15) is 0 Å². The molecule has 4 nitrogen and oxygen atoms in total. The first-order valence-corrected chi connectivity index (χ1v) is 7.17. The zero-order chi connectivity index (χ0) is 13.9. The molecule has 2 fully saturated rings. The van der Waals surface area contributed by atoms with Gasteiger partial charge in [-0.3, -0.25) is 4.79 Å². The van der Waals surface area contributed by atoms with E-state index in [0.29, 0.717) is 17.7 Å². The Kier molecular flexibility index (Phi) is 3.70. The average molecular weight is 270 g/mol. The zero-order valence-corrected chi connectivity index (χ0v) is 11.4. The van der Waals surface area contributed by atoms with Crippen LogP contribution in [0.5, 0.6) is 0 Å². The number of rotatable bonds is 4. The first-order chi connectivity index (χ1) is 9.76. The summed E-state index contributed by atoms with van der Waals surface area (Å²) in [5, 5.41) is 8.76. The highest BCUT2D eigenvalue weighted by atomic mass is 16.5. The molecule has 104 valence electrons. The predicted octanol–water partition coefficient (Wildman–Crippen LogP) is 2.20. The van der Waals surface area contributed by atoms with Crippen molar-refractivity contribution in [3.63, 3.8) is 0 Å². The summed E-state index contributed by atoms with van der Waals surface area (Å²) < 4.78 is 5.84. The summed E-state index contributed by atoms with van der Waals surface area (Å²) in [6, 6.07) is 8.87. The number of hydrogen-bond donors (Lipinski definition) is 0. The van der Waals surface area contributed by atoms with E-state index in [1.54, 1.807) is 24.3 Å². The molecule has 1 aromatic carbocycles. The van der Waals surface area contributed by atoms with E-state index in [4.69, 9.17) is 10.00 Å². The number of amides is 1. The fourth-order valence-electron chi connectivity index (χ4n) is 2.48. The van der Waals surface area contributed by atoms with Gasteiger partial charge >= 0.3 is 0 Å². The molecule has 1 saturated carbocycles. The summed E-state index contributed by atoms with van der Waals surface area (Å²) in [7, 11) is 0. The molecule has 2 aliphatic rings. The number of likely N-dealkylation sites (tertiary alicyclic amines) is 1. The summed E-state index contributed by atoms with van der Waals surface area (Å²) in [4.78, 5) is 14.2. The Labute approximate surface area is 118 Å². The van der Waals surface area contributed by atoms with Crippen molar-refractivity contribution >= 4 is 5.91 Å². The smallest absolute Gasteiger partial charge is 0.253 e. The molecule has 0 bridgehead atoms. The van der Waals surface area contributed by atoms with Crippen LogP contribution in [-0.2, 0) is 4.74 Å². The van der Waals surface area contributed by atoms with Crippen LogP contribution in [0.1, 0.15) is 35.2 Å². The molecule has 3 rings (SSSR count). The number of nitrogens with zero attached hydrogens (tertiary/aromatic N) is 2. The molecule has 1 saturated heterocycles. The number of carbonyl (C=O) groups excluding carboxylic acids is 1. The molecule has 0 aromatic heterocycles. The molecule has 1 atom stereocenters. The molecule has 1 heterocycles. The van der Waals surface area contributed by atoms with Gasteiger partial charge in [0.25, 0.3) is 5.91 Å². The van der Waals surface area contributed by atoms with Gasteiger partial charge in [0.05, 0.1) is 17.7 Å². The van der Waals surface area contributed by atoms with Gasteiger partial charge in [0.15, 0.2) is 0 Å². The minimum absolute atomic E-state index is 0.0343. The van der Waals surface area contributed by atoms with Crippen molar-refractivity contribution in [1.29, 1.82) is 5.26 Å². The summed E-state index contributed by atoms with van der Waals surface area (Å²) in [6.07, 6.45) is 3.70. The highest BCUT2D eigenvalue weighted by molar-refractivity contribution is 5.94. The number of carbonyl (C=O) groups is 1. The van der Waals surface area contributed by atoms with Gasteiger partial charge in [-0.15, -0.1) is 0 Å². The molecule has 0 N–H and O–H groups in total. The van der Waals surface area contributed by atoms with E-state index < -0.39 is 0 Å². The second-order valence-corrected chi connectivity index (χ2v) is 5.63. The molecular formula is C16H18N2O2. The van der Waals surface area contributed by atoms with Crippen LogP contribution in [0.4, 0.5) is 0 Å². The van der Waals surface area contributed by atoms with Crippen LogP contribution in [0, 0.1) is 17.2 Å². The molecule has 0 radical (unpaired) electrons. The number of nitriles is 1. The number of hydrogen-bond acceptors (Lipinski definition) is 3. The van der Waals surface area contributed by atoms with Crippen LogP contribution in [0.15, 0.2) is 24.3 Å². The van der Waals surface area contributed by atoms with E-state index in [1.807, 2.05) is 4.90 Å². The van der Waals surface area contributed by atoms with Crippen LogP contribution in [-0.4, -0.2) is 36.6 Å². The Hall–Kier alpha value is -1.86. The summed E-state index contributed by atoms with van der Waals surface area (Å²) in [5.74, 6) is 0.797. The molecule has 1 aromatic rings. The van der Waals surface area contributed by atoms with Gasteiger partial charge in [-0.05, 0) is 49.4 Å². The van der Waals surface area contributed by atoms with Crippen molar-refractivity contribution in [1.82, 2.24) is 4.90 Å².